The van der Waals surface area contributed by atoms with E-state index in [0.717, 1.165) is 16.7 Å². The minimum absolute atomic E-state index is 0.0303. The number of hydrogen-bond donors (Lipinski definition) is 0. The number of benzene rings is 3. The molecule has 0 aliphatic carbocycles. The lowest BCUT2D eigenvalue weighted by Crippen LogP contribution is -2.02. The third kappa shape index (κ3) is 3.71. The van der Waals surface area contributed by atoms with E-state index in [1.807, 2.05) is 48.5 Å². The number of fused-ring (bicyclic) bond motifs is 1. The summed E-state index contributed by atoms with van der Waals surface area (Å²) >= 11 is 0. The van der Waals surface area contributed by atoms with Crippen molar-refractivity contribution in [1.29, 1.82) is 0 Å². The van der Waals surface area contributed by atoms with Crippen molar-refractivity contribution in [2.24, 2.45) is 0 Å². The number of hydrogen-bond acceptors (Lipinski definition) is 6. The molecule has 0 unspecified atom stereocenters. The molecule has 0 amide bonds. The molecule has 0 atom stereocenters. The maximum absolute atomic E-state index is 12.3. The van der Waals surface area contributed by atoms with Crippen molar-refractivity contribution in [2.45, 2.75) is 6.92 Å². The molecule has 0 aliphatic rings. The maximum atomic E-state index is 12.3. The Bertz CT molecular complexity index is 1350. The largest absolute Gasteiger partial charge is 0.493 e. The summed E-state index contributed by atoms with van der Waals surface area (Å²) in [6, 6.07) is 18.3. The van der Waals surface area contributed by atoms with E-state index in [4.69, 9.17) is 18.6 Å². The van der Waals surface area contributed by atoms with Crippen molar-refractivity contribution in [3.8, 4) is 39.5 Å². The first kappa shape index (κ1) is 21.2. The summed E-state index contributed by atoms with van der Waals surface area (Å²) in [6.07, 6.45) is 0. The second-order valence-corrected chi connectivity index (χ2v) is 7.21. The normalized spacial score (nSPS) is 10.8. The SMILES string of the molecule is COc1cc2oc(=O)cc(-c3ccc(-c4ccc(C(C)=O)cc4)cc3)c2c(OC)c1OC. The molecule has 0 fully saturated rings. The van der Waals surface area contributed by atoms with Crippen LogP contribution in [0.25, 0.3) is 33.2 Å². The first-order chi connectivity index (χ1) is 15.5. The number of methoxy groups -OCH3 is 3. The van der Waals surface area contributed by atoms with Crippen LogP contribution in [0.1, 0.15) is 17.3 Å². The highest BCUT2D eigenvalue weighted by Crippen LogP contribution is 2.46. The predicted octanol–water partition coefficient (Wildman–Crippen LogP) is 5.36. The zero-order valence-corrected chi connectivity index (χ0v) is 18.2. The summed E-state index contributed by atoms with van der Waals surface area (Å²) < 4.78 is 21.9. The molecule has 6 heteroatoms. The molecule has 162 valence electrons. The van der Waals surface area contributed by atoms with E-state index in [9.17, 15) is 9.59 Å². The molecule has 4 aromatic rings. The molecular formula is C26H22O6. The first-order valence-corrected chi connectivity index (χ1v) is 9.95. The molecule has 6 nitrogen and oxygen atoms in total. The summed E-state index contributed by atoms with van der Waals surface area (Å²) in [6.45, 7) is 1.55. The van der Waals surface area contributed by atoms with Crippen LogP contribution in [0.5, 0.6) is 17.2 Å². The van der Waals surface area contributed by atoms with Gasteiger partial charge in [0.05, 0.1) is 26.7 Å². The van der Waals surface area contributed by atoms with Gasteiger partial charge >= 0.3 is 5.63 Å². The molecule has 0 saturated carbocycles. The zero-order valence-electron chi connectivity index (χ0n) is 18.2. The van der Waals surface area contributed by atoms with Crippen molar-refractivity contribution >= 4 is 16.8 Å². The van der Waals surface area contributed by atoms with Crippen molar-refractivity contribution < 1.29 is 23.4 Å². The zero-order chi connectivity index (χ0) is 22.8. The van der Waals surface area contributed by atoms with Crippen LogP contribution in [0.15, 0.2) is 69.9 Å². The number of carbonyl (C=O) groups is 1. The molecule has 1 aromatic heterocycles. The molecule has 0 N–H and O–H groups in total. The average Bonchev–Trinajstić information content (AvgIpc) is 2.82. The van der Waals surface area contributed by atoms with Gasteiger partial charge in [0, 0.05) is 23.3 Å². The maximum Gasteiger partial charge on any atom is 0.336 e. The Labute approximate surface area is 185 Å². The Morgan fingerprint density at radius 1 is 0.750 bits per heavy atom. The first-order valence-electron chi connectivity index (χ1n) is 9.95. The summed E-state index contributed by atoms with van der Waals surface area (Å²) in [5.74, 6) is 1.27. The Balaban J connectivity index is 1.86. The van der Waals surface area contributed by atoms with Gasteiger partial charge in [0.1, 0.15) is 5.58 Å². The molecule has 0 bridgehead atoms. The van der Waals surface area contributed by atoms with Crippen LogP contribution in [0.2, 0.25) is 0 Å². The predicted molar refractivity (Wildman–Crippen MR) is 123 cm³/mol. The van der Waals surface area contributed by atoms with E-state index in [-0.39, 0.29) is 5.78 Å². The lowest BCUT2D eigenvalue weighted by Gasteiger charge is -2.16. The second-order valence-electron chi connectivity index (χ2n) is 7.21. The average molecular weight is 430 g/mol. The van der Waals surface area contributed by atoms with Crippen LogP contribution >= 0.6 is 0 Å². The minimum atomic E-state index is -0.481. The van der Waals surface area contributed by atoms with Crippen molar-refractivity contribution in [1.82, 2.24) is 0 Å². The number of carbonyl (C=O) groups excluding carboxylic acids is 1. The standard InChI is InChI=1S/C26H22O6/c1-15(27)16-5-7-17(8-6-16)18-9-11-19(12-10-18)20-13-23(28)32-21-14-22(29-2)25(30-3)26(31-4)24(20)21/h5-14H,1-4H3. The molecule has 0 saturated heterocycles. The van der Waals surface area contributed by atoms with Crippen LogP contribution in [-0.4, -0.2) is 27.1 Å². The van der Waals surface area contributed by atoms with Gasteiger partial charge in [-0.2, -0.15) is 0 Å². The van der Waals surface area contributed by atoms with Gasteiger partial charge in [-0.25, -0.2) is 4.79 Å². The Kier molecular flexibility index (Phi) is 5.69. The van der Waals surface area contributed by atoms with E-state index >= 15 is 0 Å². The minimum Gasteiger partial charge on any atom is -0.493 e. The number of rotatable bonds is 6. The molecule has 0 spiro atoms. The summed E-state index contributed by atoms with van der Waals surface area (Å²) in [5.41, 5.74) is 3.98. The molecular weight excluding hydrogens is 408 g/mol. The van der Waals surface area contributed by atoms with E-state index < -0.39 is 5.63 Å². The van der Waals surface area contributed by atoms with E-state index in [1.54, 1.807) is 13.0 Å². The molecule has 1 heterocycles. The fourth-order valence-electron chi connectivity index (χ4n) is 3.76. The van der Waals surface area contributed by atoms with Gasteiger partial charge in [0.2, 0.25) is 5.75 Å². The van der Waals surface area contributed by atoms with Gasteiger partial charge < -0.3 is 18.6 Å². The summed E-state index contributed by atoms with van der Waals surface area (Å²) in [4.78, 5) is 23.8. The van der Waals surface area contributed by atoms with Gasteiger partial charge in [0.15, 0.2) is 17.3 Å². The third-order valence-corrected chi connectivity index (χ3v) is 5.36. The van der Waals surface area contributed by atoms with Crippen molar-refractivity contribution in [3.05, 3.63) is 76.6 Å². The van der Waals surface area contributed by atoms with Gasteiger partial charge in [-0.15, -0.1) is 0 Å². The van der Waals surface area contributed by atoms with E-state index in [1.165, 1.54) is 27.4 Å². The molecule has 3 aromatic carbocycles. The van der Waals surface area contributed by atoms with Gasteiger partial charge in [-0.3, -0.25) is 4.79 Å². The highest BCUT2D eigenvalue weighted by molar-refractivity contribution is 6.01. The van der Waals surface area contributed by atoms with Gasteiger partial charge in [-0.1, -0.05) is 48.5 Å². The van der Waals surface area contributed by atoms with E-state index in [0.29, 0.717) is 39.3 Å². The topological polar surface area (TPSA) is 75.0 Å². The number of ketones is 1. The van der Waals surface area contributed by atoms with Crippen molar-refractivity contribution in [2.75, 3.05) is 21.3 Å². The van der Waals surface area contributed by atoms with Crippen LogP contribution in [-0.2, 0) is 0 Å². The quantitative estimate of drug-likeness (QED) is 0.303. The fourth-order valence-corrected chi connectivity index (χ4v) is 3.76. The van der Waals surface area contributed by atoms with Crippen LogP contribution < -0.4 is 19.8 Å². The highest BCUT2D eigenvalue weighted by atomic mass is 16.5. The third-order valence-electron chi connectivity index (χ3n) is 5.36. The number of ether oxygens (including phenoxy) is 3. The van der Waals surface area contributed by atoms with E-state index in [2.05, 4.69) is 0 Å². The van der Waals surface area contributed by atoms with Crippen LogP contribution in [0, 0.1) is 0 Å². The molecule has 32 heavy (non-hydrogen) atoms. The monoisotopic (exact) mass is 430 g/mol. The summed E-state index contributed by atoms with van der Waals surface area (Å²) in [7, 11) is 4.56. The molecule has 0 radical (unpaired) electrons. The smallest absolute Gasteiger partial charge is 0.336 e. The van der Waals surface area contributed by atoms with Crippen LogP contribution in [0.4, 0.5) is 0 Å². The van der Waals surface area contributed by atoms with Crippen LogP contribution in [0.3, 0.4) is 0 Å². The Hall–Kier alpha value is -4.06. The van der Waals surface area contributed by atoms with Gasteiger partial charge in [0.25, 0.3) is 0 Å². The fraction of sp³-hybridized carbons (Fsp3) is 0.154. The molecule has 0 aliphatic heterocycles. The van der Waals surface area contributed by atoms with Gasteiger partial charge in [-0.05, 0) is 23.6 Å². The lowest BCUT2D eigenvalue weighted by atomic mass is 9.97. The van der Waals surface area contributed by atoms with Crippen molar-refractivity contribution in [3.63, 3.8) is 0 Å². The lowest BCUT2D eigenvalue weighted by molar-refractivity contribution is 0.101. The number of Topliss-reactive ketones (excluding diaryl/α,β-unsaturated/α-hetero) is 1. The molecule has 4 rings (SSSR count). The highest BCUT2D eigenvalue weighted by Gasteiger charge is 2.21. The summed E-state index contributed by atoms with van der Waals surface area (Å²) in [5, 5.41) is 0.614. The Morgan fingerprint density at radius 2 is 1.31 bits per heavy atom. The second kappa shape index (κ2) is 8.59. The Morgan fingerprint density at radius 3 is 1.84 bits per heavy atom.